The lowest BCUT2D eigenvalue weighted by atomic mass is 9.96. The topological polar surface area (TPSA) is 64.1 Å². The van der Waals surface area contributed by atoms with Gasteiger partial charge in [-0.3, -0.25) is 20.1 Å². The van der Waals surface area contributed by atoms with Crippen LogP contribution in [0.25, 0.3) is 0 Å². The van der Waals surface area contributed by atoms with E-state index in [0.29, 0.717) is 29.9 Å². The minimum absolute atomic E-state index is 0.143. The lowest BCUT2D eigenvalue weighted by molar-refractivity contribution is 0.216. The number of nitrogens with one attached hydrogen (secondary N) is 1. The lowest BCUT2D eigenvalue weighted by Gasteiger charge is -2.28. The molecule has 1 fully saturated rings. The Bertz CT molecular complexity index is 1020. The lowest BCUT2D eigenvalue weighted by Crippen LogP contribution is -2.49. The molecule has 2 amide bonds. The van der Waals surface area contributed by atoms with E-state index in [1.165, 1.54) is 12.1 Å². The van der Waals surface area contributed by atoms with E-state index in [4.69, 9.17) is 4.99 Å². The number of benzene rings is 1. The number of hydrogen-bond acceptors (Lipinski definition) is 5. The van der Waals surface area contributed by atoms with Crippen LogP contribution >= 0.6 is 0 Å². The summed E-state index contributed by atoms with van der Waals surface area (Å²) in [6.07, 6.45) is 3.61. The molecule has 30 heavy (non-hydrogen) atoms. The highest BCUT2D eigenvalue weighted by atomic mass is 19.1. The summed E-state index contributed by atoms with van der Waals surface area (Å²) in [6, 6.07) is 12.1. The number of likely N-dealkylation sites (tertiary alicyclic amines) is 1. The number of pyridine rings is 1. The third-order valence-corrected chi connectivity index (χ3v) is 5.85. The number of hydrogen-bond donors (Lipinski definition) is 1. The van der Waals surface area contributed by atoms with E-state index < -0.39 is 0 Å². The van der Waals surface area contributed by atoms with Crippen LogP contribution in [0.4, 0.5) is 14.9 Å². The van der Waals surface area contributed by atoms with Crippen molar-refractivity contribution in [1.82, 2.24) is 20.1 Å². The molecule has 3 aliphatic rings. The number of aromatic nitrogens is 1. The second-order valence-electron chi connectivity index (χ2n) is 8.03. The molecule has 2 atom stereocenters. The van der Waals surface area contributed by atoms with Gasteiger partial charge in [-0.1, -0.05) is 19.1 Å². The van der Waals surface area contributed by atoms with Crippen LogP contribution in [0.3, 0.4) is 0 Å². The average molecular weight is 406 g/mol. The van der Waals surface area contributed by atoms with Crippen molar-refractivity contribution < 1.29 is 9.18 Å². The molecule has 8 heteroatoms. The maximum Gasteiger partial charge on any atom is 0.329 e. The van der Waals surface area contributed by atoms with E-state index in [-0.39, 0.29) is 17.8 Å². The van der Waals surface area contributed by atoms with E-state index in [9.17, 15) is 9.18 Å². The fraction of sp³-hybridized carbons (Fsp3) is 0.318. The van der Waals surface area contributed by atoms with Crippen LogP contribution in [0.2, 0.25) is 0 Å². The molecular formula is C22H23FN6O. The number of fused-ring (bicyclic) bond motifs is 1. The Morgan fingerprint density at radius 2 is 2.10 bits per heavy atom. The molecule has 0 spiro atoms. The summed E-state index contributed by atoms with van der Waals surface area (Å²) in [4.78, 5) is 27.7. The quantitative estimate of drug-likeness (QED) is 0.848. The summed E-state index contributed by atoms with van der Waals surface area (Å²) in [5.41, 5.74) is 1.73. The molecule has 1 N–H and O–H groups in total. The second kappa shape index (κ2) is 7.53. The van der Waals surface area contributed by atoms with Gasteiger partial charge in [0.1, 0.15) is 18.3 Å². The molecule has 0 aliphatic carbocycles. The number of amides is 2. The number of nitrogens with zero attached hydrogens (tertiary/aromatic N) is 5. The zero-order valence-electron chi connectivity index (χ0n) is 16.7. The Morgan fingerprint density at radius 3 is 2.90 bits per heavy atom. The van der Waals surface area contributed by atoms with Crippen molar-refractivity contribution in [3.05, 3.63) is 72.2 Å². The highest BCUT2D eigenvalue weighted by Crippen LogP contribution is 2.30. The number of anilines is 1. The molecule has 7 nitrogen and oxygen atoms in total. The fourth-order valence-electron chi connectivity index (χ4n) is 4.32. The van der Waals surface area contributed by atoms with Crippen molar-refractivity contribution in [2.75, 3.05) is 24.7 Å². The van der Waals surface area contributed by atoms with Crippen LogP contribution in [-0.2, 0) is 6.54 Å². The summed E-state index contributed by atoms with van der Waals surface area (Å²) < 4.78 is 13.6. The first-order chi connectivity index (χ1) is 14.6. The van der Waals surface area contributed by atoms with Gasteiger partial charge in [0.15, 0.2) is 5.82 Å². The molecule has 4 heterocycles. The number of carbonyl (C=O) groups is 1. The van der Waals surface area contributed by atoms with Crippen molar-refractivity contribution >= 4 is 17.6 Å². The number of amidine groups is 1. The van der Waals surface area contributed by atoms with E-state index in [2.05, 4.69) is 22.1 Å². The van der Waals surface area contributed by atoms with Gasteiger partial charge in [0.05, 0.1) is 5.69 Å². The normalized spacial score (nSPS) is 23.9. The summed E-state index contributed by atoms with van der Waals surface area (Å²) in [5.74, 6) is 1.50. The van der Waals surface area contributed by atoms with Gasteiger partial charge in [-0.2, -0.15) is 0 Å². The zero-order valence-corrected chi connectivity index (χ0v) is 16.7. The molecule has 0 bridgehead atoms. The first-order valence-electron chi connectivity index (χ1n) is 10.1. The van der Waals surface area contributed by atoms with Crippen LogP contribution in [0.1, 0.15) is 12.6 Å². The Kier molecular flexibility index (Phi) is 4.71. The van der Waals surface area contributed by atoms with E-state index in [1.54, 1.807) is 17.2 Å². The fourth-order valence-corrected chi connectivity index (χ4v) is 4.32. The number of halogens is 1. The van der Waals surface area contributed by atoms with Gasteiger partial charge >= 0.3 is 6.03 Å². The van der Waals surface area contributed by atoms with Crippen LogP contribution < -0.4 is 10.2 Å². The maximum atomic E-state index is 13.6. The van der Waals surface area contributed by atoms with Crippen molar-refractivity contribution in [3.63, 3.8) is 0 Å². The largest absolute Gasteiger partial charge is 0.329 e. The SMILES string of the molecule is CC1CN(Cc2ccccn2)CC1C1=NC2=CN(c3cccc(F)c3)CN2C(=O)N1. The minimum atomic E-state index is -0.308. The molecule has 154 valence electrons. The number of urea groups is 1. The van der Waals surface area contributed by atoms with Gasteiger partial charge in [0.2, 0.25) is 0 Å². The van der Waals surface area contributed by atoms with Gasteiger partial charge in [0.25, 0.3) is 0 Å². The highest BCUT2D eigenvalue weighted by Gasteiger charge is 2.39. The third-order valence-electron chi connectivity index (χ3n) is 5.85. The highest BCUT2D eigenvalue weighted by molar-refractivity contribution is 6.02. The first-order valence-corrected chi connectivity index (χ1v) is 10.1. The molecule has 1 aromatic heterocycles. The predicted octanol–water partition coefficient (Wildman–Crippen LogP) is 2.99. The van der Waals surface area contributed by atoms with Crippen molar-refractivity contribution in [2.24, 2.45) is 16.8 Å². The van der Waals surface area contributed by atoms with Gasteiger partial charge in [-0.25, -0.2) is 14.2 Å². The van der Waals surface area contributed by atoms with Crippen molar-refractivity contribution in [3.8, 4) is 0 Å². The summed E-state index contributed by atoms with van der Waals surface area (Å²) in [6.45, 7) is 5.02. The van der Waals surface area contributed by atoms with Gasteiger partial charge in [-0.15, -0.1) is 0 Å². The van der Waals surface area contributed by atoms with E-state index in [1.807, 2.05) is 35.4 Å². The second-order valence-corrected chi connectivity index (χ2v) is 8.03. The summed E-state index contributed by atoms with van der Waals surface area (Å²) in [5, 5.41) is 2.98. The molecule has 1 saturated heterocycles. The van der Waals surface area contributed by atoms with Gasteiger partial charge < -0.3 is 4.90 Å². The first kappa shape index (κ1) is 18.7. The summed E-state index contributed by atoms with van der Waals surface area (Å²) in [7, 11) is 0. The number of carbonyl (C=O) groups excluding carboxylic acids is 1. The molecular weight excluding hydrogens is 383 g/mol. The summed E-state index contributed by atoms with van der Waals surface area (Å²) >= 11 is 0. The molecule has 0 saturated carbocycles. The minimum Gasteiger partial charge on any atom is -0.325 e. The van der Waals surface area contributed by atoms with Crippen LogP contribution in [-0.4, -0.2) is 46.4 Å². The standard InChI is InChI=1S/C22H23FN6O/c1-15-10-27(11-17-6-2-3-8-24-17)12-19(15)21-25-20-13-28(14-29(20)22(30)26-21)18-7-4-5-16(23)9-18/h2-9,13,15,19H,10-12,14H2,1H3,(H,25,26,30). The van der Waals surface area contributed by atoms with Gasteiger partial charge in [0, 0.05) is 43.6 Å². The van der Waals surface area contributed by atoms with E-state index in [0.717, 1.165) is 25.3 Å². The van der Waals surface area contributed by atoms with Crippen LogP contribution in [0.15, 0.2) is 65.7 Å². The van der Waals surface area contributed by atoms with E-state index >= 15 is 0 Å². The zero-order chi connectivity index (χ0) is 20.7. The smallest absolute Gasteiger partial charge is 0.325 e. The molecule has 0 radical (unpaired) electrons. The van der Waals surface area contributed by atoms with Crippen molar-refractivity contribution in [2.45, 2.75) is 13.5 Å². The maximum absolute atomic E-state index is 13.6. The van der Waals surface area contributed by atoms with Crippen LogP contribution in [0.5, 0.6) is 0 Å². The number of rotatable bonds is 4. The molecule has 1 aromatic carbocycles. The third kappa shape index (κ3) is 3.54. The Hall–Kier alpha value is -3.26. The Labute approximate surface area is 174 Å². The van der Waals surface area contributed by atoms with Crippen LogP contribution in [0, 0.1) is 17.7 Å². The molecule has 5 rings (SSSR count). The number of aliphatic imine (C=N–C) groups is 1. The predicted molar refractivity (Wildman–Crippen MR) is 112 cm³/mol. The van der Waals surface area contributed by atoms with Crippen molar-refractivity contribution in [1.29, 1.82) is 0 Å². The average Bonchev–Trinajstić information content (AvgIpc) is 3.32. The molecule has 2 unspecified atom stereocenters. The molecule has 3 aliphatic heterocycles. The van der Waals surface area contributed by atoms with Gasteiger partial charge in [-0.05, 0) is 36.2 Å². The monoisotopic (exact) mass is 406 g/mol. The Morgan fingerprint density at radius 1 is 1.20 bits per heavy atom. The molecule has 2 aromatic rings. The Balaban J connectivity index is 1.34.